The van der Waals surface area contributed by atoms with Gasteiger partial charge in [0.15, 0.2) is 0 Å². The molecule has 248 valence electrons. The summed E-state index contributed by atoms with van der Waals surface area (Å²) < 4.78 is 16.8. The number of thiophene rings is 2. The van der Waals surface area contributed by atoms with E-state index in [0.29, 0.717) is 0 Å². The van der Waals surface area contributed by atoms with E-state index in [2.05, 4.69) is 179 Å². The third kappa shape index (κ3) is 4.20. The zero-order chi connectivity index (χ0) is 34.6. The van der Waals surface area contributed by atoms with Gasteiger partial charge in [0.2, 0.25) is 0 Å². The molecule has 12 rings (SSSR count). The highest BCUT2D eigenvalue weighted by Crippen LogP contribution is 2.44. The van der Waals surface area contributed by atoms with Gasteiger partial charge in [-0.3, -0.25) is 0 Å². The number of aromatic nitrogens is 2. The van der Waals surface area contributed by atoms with Gasteiger partial charge in [0.05, 0.1) is 42.8 Å². The van der Waals surface area contributed by atoms with Crippen LogP contribution in [0.15, 0.2) is 170 Å². The Kier molecular flexibility index (Phi) is 6.09. The summed E-state index contributed by atoms with van der Waals surface area (Å²) in [6.45, 7) is 0. The van der Waals surface area contributed by atoms with Gasteiger partial charge in [-0.05, 0) is 72.8 Å². The van der Waals surface area contributed by atoms with Crippen molar-refractivity contribution in [2.75, 3.05) is 0 Å². The zero-order valence-corrected chi connectivity index (χ0v) is 29.9. The van der Waals surface area contributed by atoms with Crippen LogP contribution in [-0.4, -0.2) is 9.13 Å². The number of ether oxygens (including phenoxy) is 1. The van der Waals surface area contributed by atoms with Crippen LogP contribution in [0, 0.1) is 0 Å². The highest BCUT2D eigenvalue weighted by molar-refractivity contribution is 7.26. The zero-order valence-electron chi connectivity index (χ0n) is 28.3. The molecule has 0 atom stereocenters. The molecular weight excluding hydrogens is 685 g/mol. The molecule has 0 fully saturated rings. The molecule has 0 unspecified atom stereocenters. The van der Waals surface area contributed by atoms with Crippen LogP contribution in [0.5, 0.6) is 11.5 Å². The second kappa shape index (κ2) is 11.1. The monoisotopic (exact) mass is 712 g/mol. The van der Waals surface area contributed by atoms with Crippen molar-refractivity contribution in [2.24, 2.45) is 0 Å². The number of para-hydroxylation sites is 2. The number of hydrogen-bond acceptors (Lipinski definition) is 3. The van der Waals surface area contributed by atoms with Crippen LogP contribution >= 0.6 is 22.7 Å². The van der Waals surface area contributed by atoms with E-state index in [4.69, 9.17) is 4.74 Å². The summed E-state index contributed by atoms with van der Waals surface area (Å²) in [6, 6.07) is 61.3. The Morgan fingerprint density at radius 2 is 0.717 bits per heavy atom. The van der Waals surface area contributed by atoms with Gasteiger partial charge in [0, 0.05) is 52.5 Å². The van der Waals surface area contributed by atoms with E-state index in [-0.39, 0.29) is 0 Å². The maximum absolute atomic E-state index is 6.73. The molecule has 0 N–H and O–H groups in total. The van der Waals surface area contributed by atoms with Crippen LogP contribution in [-0.2, 0) is 0 Å². The third-order valence-electron chi connectivity index (χ3n) is 10.8. The predicted molar refractivity (Wildman–Crippen MR) is 227 cm³/mol. The van der Waals surface area contributed by atoms with Crippen molar-refractivity contribution in [2.45, 2.75) is 0 Å². The molecule has 4 aromatic heterocycles. The molecule has 3 nitrogen and oxygen atoms in total. The molecule has 4 heterocycles. The van der Waals surface area contributed by atoms with E-state index in [9.17, 15) is 0 Å². The largest absolute Gasteiger partial charge is 0.457 e. The Bertz CT molecular complexity index is 3220. The van der Waals surface area contributed by atoms with Crippen molar-refractivity contribution in [1.29, 1.82) is 0 Å². The van der Waals surface area contributed by atoms with Gasteiger partial charge in [-0.15, -0.1) is 22.7 Å². The first-order valence-electron chi connectivity index (χ1n) is 17.8. The lowest BCUT2D eigenvalue weighted by atomic mass is 10.1. The van der Waals surface area contributed by atoms with Crippen molar-refractivity contribution >= 4 is 107 Å². The first-order valence-corrected chi connectivity index (χ1v) is 19.5. The summed E-state index contributed by atoms with van der Waals surface area (Å²) in [4.78, 5) is 0. The number of rotatable bonds is 4. The standard InChI is InChI=1S/C48H28N2OS2/c1-5-17-39-31(11-1)37-27-29(23-25-41(37)49(39)43-19-9-15-35-33-13-3-7-21-45(33)52-47(35)43)51-30-24-26-42-38(28-30)32-12-2-6-18-40(32)50(42)44-20-10-16-36-34-14-4-8-22-46(34)53-48(36)44/h1-28H. The quantitative estimate of drug-likeness (QED) is 0.178. The highest BCUT2D eigenvalue weighted by atomic mass is 32.1. The van der Waals surface area contributed by atoms with Crippen molar-refractivity contribution in [1.82, 2.24) is 9.13 Å². The number of benzene rings is 8. The second-order valence-electron chi connectivity index (χ2n) is 13.7. The first kappa shape index (κ1) is 29.2. The lowest BCUT2D eigenvalue weighted by molar-refractivity contribution is 0.484. The summed E-state index contributed by atoms with van der Waals surface area (Å²) >= 11 is 3.73. The maximum Gasteiger partial charge on any atom is 0.128 e. The Labute approximate surface area is 311 Å². The molecule has 0 aliphatic carbocycles. The van der Waals surface area contributed by atoms with E-state index < -0.39 is 0 Å². The average Bonchev–Trinajstić information content (AvgIpc) is 3.96. The van der Waals surface area contributed by atoms with E-state index in [1.165, 1.54) is 84.3 Å². The van der Waals surface area contributed by atoms with Crippen LogP contribution < -0.4 is 4.74 Å². The molecular formula is C48H28N2OS2. The molecule has 5 heteroatoms. The van der Waals surface area contributed by atoms with Crippen molar-refractivity contribution in [3.8, 4) is 22.9 Å². The molecule has 8 aromatic carbocycles. The summed E-state index contributed by atoms with van der Waals surface area (Å²) in [5.74, 6) is 1.64. The average molecular weight is 713 g/mol. The van der Waals surface area contributed by atoms with Crippen LogP contribution in [0.1, 0.15) is 0 Å². The van der Waals surface area contributed by atoms with E-state index in [1.54, 1.807) is 0 Å². The molecule has 0 radical (unpaired) electrons. The summed E-state index contributed by atoms with van der Waals surface area (Å²) in [6.07, 6.45) is 0. The van der Waals surface area contributed by atoms with Gasteiger partial charge in [-0.2, -0.15) is 0 Å². The first-order chi connectivity index (χ1) is 26.3. The van der Waals surface area contributed by atoms with E-state index >= 15 is 0 Å². The molecule has 0 spiro atoms. The Hall–Kier alpha value is -6.40. The van der Waals surface area contributed by atoms with Crippen LogP contribution in [0.4, 0.5) is 0 Å². The fraction of sp³-hybridized carbons (Fsp3) is 0. The van der Waals surface area contributed by atoms with Gasteiger partial charge in [-0.1, -0.05) is 97.1 Å². The topological polar surface area (TPSA) is 19.1 Å². The second-order valence-corrected chi connectivity index (χ2v) is 15.8. The smallest absolute Gasteiger partial charge is 0.128 e. The lowest BCUT2D eigenvalue weighted by Crippen LogP contribution is -1.94. The van der Waals surface area contributed by atoms with Gasteiger partial charge >= 0.3 is 0 Å². The minimum atomic E-state index is 0.818. The Morgan fingerprint density at radius 3 is 1.21 bits per heavy atom. The molecule has 0 amide bonds. The fourth-order valence-electron chi connectivity index (χ4n) is 8.50. The number of nitrogens with zero attached hydrogens (tertiary/aromatic N) is 2. The third-order valence-corrected chi connectivity index (χ3v) is 13.2. The molecule has 0 saturated heterocycles. The molecule has 0 bridgehead atoms. The maximum atomic E-state index is 6.73. The summed E-state index contributed by atoms with van der Waals surface area (Å²) in [7, 11) is 0. The minimum absolute atomic E-state index is 0.818. The summed E-state index contributed by atoms with van der Waals surface area (Å²) in [5, 5.41) is 9.97. The Balaban J connectivity index is 0.998. The van der Waals surface area contributed by atoms with Gasteiger partial charge < -0.3 is 13.9 Å². The fourth-order valence-corrected chi connectivity index (χ4v) is 10.9. The molecule has 0 saturated carbocycles. The number of fused-ring (bicyclic) bond motifs is 12. The normalized spacial score (nSPS) is 12.2. The van der Waals surface area contributed by atoms with Crippen LogP contribution in [0.25, 0.3) is 95.3 Å². The predicted octanol–water partition coefficient (Wildman–Crippen LogP) is 14.4. The highest BCUT2D eigenvalue weighted by Gasteiger charge is 2.19. The van der Waals surface area contributed by atoms with Crippen LogP contribution in [0.2, 0.25) is 0 Å². The number of hydrogen-bond donors (Lipinski definition) is 0. The lowest BCUT2D eigenvalue weighted by Gasteiger charge is -2.11. The van der Waals surface area contributed by atoms with Gasteiger partial charge in [-0.25, -0.2) is 0 Å². The van der Waals surface area contributed by atoms with E-state index in [1.807, 2.05) is 22.7 Å². The summed E-state index contributed by atoms with van der Waals surface area (Å²) in [5.41, 5.74) is 7.11. The van der Waals surface area contributed by atoms with Crippen molar-refractivity contribution in [3.63, 3.8) is 0 Å². The van der Waals surface area contributed by atoms with Gasteiger partial charge in [0.1, 0.15) is 11.5 Å². The molecule has 12 aromatic rings. The molecule has 0 aliphatic rings. The minimum Gasteiger partial charge on any atom is -0.457 e. The van der Waals surface area contributed by atoms with E-state index in [0.717, 1.165) is 22.5 Å². The van der Waals surface area contributed by atoms with Crippen LogP contribution in [0.3, 0.4) is 0 Å². The molecule has 0 aliphatic heterocycles. The molecule has 53 heavy (non-hydrogen) atoms. The Morgan fingerprint density at radius 1 is 0.321 bits per heavy atom. The SMILES string of the molecule is c1ccc2c(c1)sc1c(-n3c4ccccc4c4cc(Oc5ccc6c(c5)c5ccccc5n6-c5cccc6c5sc5ccccc56)ccc43)cccc12. The van der Waals surface area contributed by atoms with Gasteiger partial charge in [0.25, 0.3) is 0 Å². The van der Waals surface area contributed by atoms with Crippen molar-refractivity contribution < 1.29 is 4.74 Å². The van der Waals surface area contributed by atoms with Crippen molar-refractivity contribution in [3.05, 3.63) is 170 Å².